The minimum atomic E-state index is -0.566. The third-order valence-electron chi connectivity index (χ3n) is 7.59. The summed E-state index contributed by atoms with van der Waals surface area (Å²) in [5.41, 5.74) is 2.81. The summed E-state index contributed by atoms with van der Waals surface area (Å²) in [6.07, 6.45) is 12.3. The molecule has 1 atom stereocenters. The average molecular weight is 605 g/mol. The molecule has 11 heteroatoms. The SMILES string of the molecule is CCCC1CCN(c2nccn3c(-c4ccnc(NC(CCNC(=O)OC(C)(C)C)c5cccc(Cl)c5)n4)cnc23)CC1. The largest absolute Gasteiger partial charge is 0.444 e. The highest BCUT2D eigenvalue weighted by atomic mass is 35.5. The fourth-order valence-electron chi connectivity index (χ4n) is 5.56. The number of carbonyl (C=O) groups excluding carboxylic acids is 1. The average Bonchev–Trinajstić information content (AvgIpc) is 3.41. The van der Waals surface area contributed by atoms with Crippen LogP contribution in [0.1, 0.15) is 71.4 Å². The first kappa shape index (κ1) is 30.5. The van der Waals surface area contributed by atoms with Crippen LogP contribution in [0.3, 0.4) is 0 Å². The van der Waals surface area contributed by atoms with Gasteiger partial charge in [0, 0.05) is 43.2 Å². The molecule has 10 nitrogen and oxygen atoms in total. The number of nitrogens with zero attached hydrogens (tertiary/aromatic N) is 6. The molecule has 43 heavy (non-hydrogen) atoms. The van der Waals surface area contributed by atoms with Crippen LogP contribution in [0.5, 0.6) is 0 Å². The van der Waals surface area contributed by atoms with Crippen molar-refractivity contribution in [3.63, 3.8) is 0 Å². The number of benzene rings is 1. The Labute approximate surface area is 258 Å². The van der Waals surface area contributed by atoms with E-state index in [1.807, 2.05) is 74.1 Å². The minimum Gasteiger partial charge on any atom is -0.444 e. The molecule has 0 radical (unpaired) electrons. The molecule has 0 spiro atoms. The summed E-state index contributed by atoms with van der Waals surface area (Å²) in [6, 6.07) is 9.30. The lowest BCUT2D eigenvalue weighted by atomic mass is 9.92. The van der Waals surface area contributed by atoms with Crippen molar-refractivity contribution in [3.8, 4) is 11.4 Å². The summed E-state index contributed by atoms with van der Waals surface area (Å²) < 4.78 is 7.43. The van der Waals surface area contributed by atoms with Gasteiger partial charge in [-0.2, -0.15) is 0 Å². The van der Waals surface area contributed by atoms with E-state index in [-0.39, 0.29) is 6.04 Å². The number of halogens is 1. The van der Waals surface area contributed by atoms with E-state index in [2.05, 4.69) is 27.4 Å². The van der Waals surface area contributed by atoms with Crippen LogP contribution < -0.4 is 15.5 Å². The Morgan fingerprint density at radius 2 is 1.95 bits per heavy atom. The first-order valence-corrected chi connectivity index (χ1v) is 15.5. The van der Waals surface area contributed by atoms with Crippen LogP contribution in [0, 0.1) is 5.92 Å². The summed E-state index contributed by atoms with van der Waals surface area (Å²) in [7, 11) is 0. The zero-order valence-corrected chi connectivity index (χ0v) is 26.1. The second kappa shape index (κ2) is 13.6. The Morgan fingerprint density at radius 3 is 2.70 bits per heavy atom. The quantitative estimate of drug-likeness (QED) is 0.201. The maximum absolute atomic E-state index is 12.2. The molecule has 0 bridgehead atoms. The lowest BCUT2D eigenvalue weighted by Crippen LogP contribution is -2.34. The molecule has 1 aromatic carbocycles. The molecular formula is C32H41ClN8O2. The van der Waals surface area contributed by atoms with Gasteiger partial charge in [-0.05, 0) is 69.7 Å². The summed E-state index contributed by atoms with van der Waals surface area (Å²) in [5.74, 6) is 2.17. The molecule has 0 aliphatic carbocycles. The maximum atomic E-state index is 12.2. The van der Waals surface area contributed by atoms with Crippen molar-refractivity contribution in [2.75, 3.05) is 29.9 Å². The number of anilines is 2. The Balaban J connectivity index is 1.34. The molecule has 5 rings (SSSR count). The minimum absolute atomic E-state index is 0.211. The molecule has 1 fully saturated rings. The highest BCUT2D eigenvalue weighted by molar-refractivity contribution is 6.30. The Morgan fingerprint density at radius 1 is 1.14 bits per heavy atom. The van der Waals surface area contributed by atoms with Crippen molar-refractivity contribution < 1.29 is 9.53 Å². The van der Waals surface area contributed by atoms with Gasteiger partial charge in [0.25, 0.3) is 0 Å². The van der Waals surface area contributed by atoms with E-state index >= 15 is 0 Å². The second-order valence-corrected chi connectivity index (χ2v) is 12.5. The summed E-state index contributed by atoms with van der Waals surface area (Å²) >= 11 is 6.32. The van der Waals surface area contributed by atoms with E-state index in [1.165, 1.54) is 25.7 Å². The highest BCUT2D eigenvalue weighted by Gasteiger charge is 2.23. The molecule has 4 aromatic rings. The van der Waals surface area contributed by atoms with E-state index < -0.39 is 11.7 Å². The number of imidazole rings is 1. The molecule has 228 valence electrons. The number of ether oxygens (including phenoxy) is 1. The Bertz CT molecular complexity index is 1530. The summed E-state index contributed by atoms with van der Waals surface area (Å²) in [4.78, 5) is 33.4. The number of alkyl carbamates (subject to hydrolysis) is 1. The van der Waals surface area contributed by atoms with Crippen molar-refractivity contribution in [1.29, 1.82) is 0 Å². The standard InChI is InChI=1S/C32H41ClN8O2/c1-5-7-22-12-17-40(18-13-22)28-29-37-21-27(41(29)19-16-34-28)26-11-14-35-30(39-26)38-25(23-8-6-9-24(33)20-23)10-15-36-31(42)43-32(2,3)4/h6,8-9,11,14,16,19-22,25H,5,7,10,12-13,15,17-18H2,1-4H3,(H,36,42)(H,35,38,39). The molecule has 1 aliphatic heterocycles. The molecule has 4 heterocycles. The van der Waals surface area contributed by atoms with Crippen molar-refractivity contribution in [3.05, 3.63) is 65.7 Å². The zero-order chi connectivity index (χ0) is 30.4. The lowest BCUT2D eigenvalue weighted by molar-refractivity contribution is 0.0526. The molecule has 1 saturated heterocycles. The third kappa shape index (κ3) is 7.93. The van der Waals surface area contributed by atoms with Crippen LogP contribution in [0.25, 0.3) is 17.0 Å². The normalized spacial score (nSPS) is 15.0. The van der Waals surface area contributed by atoms with Crippen molar-refractivity contribution in [2.24, 2.45) is 5.92 Å². The van der Waals surface area contributed by atoms with Crippen LogP contribution >= 0.6 is 11.6 Å². The van der Waals surface area contributed by atoms with Gasteiger partial charge in [0.1, 0.15) is 5.60 Å². The van der Waals surface area contributed by atoms with Crippen LogP contribution in [-0.4, -0.2) is 55.7 Å². The van der Waals surface area contributed by atoms with E-state index in [0.29, 0.717) is 23.9 Å². The van der Waals surface area contributed by atoms with Crippen LogP contribution in [0.2, 0.25) is 5.02 Å². The van der Waals surface area contributed by atoms with Gasteiger partial charge in [0.2, 0.25) is 5.95 Å². The van der Waals surface area contributed by atoms with Crippen LogP contribution in [0.15, 0.2) is 55.1 Å². The third-order valence-corrected chi connectivity index (χ3v) is 7.83. The van der Waals surface area contributed by atoms with Gasteiger partial charge in [0.05, 0.1) is 23.6 Å². The van der Waals surface area contributed by atoms with E-state index in [4.69, 9.17) is 31.3 Å². The number of hydrogen-bond acceptors (Lipinski definition) is 8. The molecular weight excluding hydrogens is 564 g/mol. The van der Waals surface area contributed by atoms with Gasteiger partial charge < -0.3 is 20.3 Å². The van der Waals surface area contributed by atoms with Crippen molar-refractivity contribution in [2.45, 2.75) is 71.4 Å². The van der Waals surface area contributed by atoms with Crippen molar-refractivity contribution in [1.82, 2.24) is 29.7 Å². The maximum Gasteiger partial charge on any atom is 0.407 e. The monoisotopic (exact) mass is 604 g/mol. The number of nitrogens with one attached hydrogen (secondary N) is 2. The predicted octanol–water partition coefficient (Wildman–Crippen LogP) is 6.92. The van der Waals surface area contributed by atoms with Crippen molar-refractivity contribution >= 4 is 35.1 Å². The smallest absolute Gasteiger partial charge is 0.407 e. The molecule has 0 saturated carbocycles. The van der Waals surface area contributed by atoms with Gasteiger partial charge in [-0.1, -0.05) is 43.5 Å². The molecule has 1 amide bonds. The Kier molecular flexibility index (Phi) is 9.65. The predicted molar refractivity (Wildman–Crippen MR) is 171 cm³/mol. The fourth-order valence-corrected chi connectivity index (χ4v) is 5.76. The number of rotatable bonds is 10. The first-order valence-electron chi connectivity index (χ1n) is 15.1. The topological polar surface area (TPSA) is 110 Å². The van der Waals surface area contributed by atoms with Crippen LogP contribution in [-0.2, 0) is 4.74 Å². The van der Waals surface area contributed by atoms with Gasteiger partial charge in [-0.3, -0.25) is 4.40 Å². The zero-order valence-electron chi connectivity index (χ0n) is 25.4. The summed E-state index contributed by atoms with van der Waals surface area (Å²) in [5, 5.41) is 6.92. The molecule has 1 aliphatic rings. The fraction of sp³-hybridized carbons (Fsp3) is 0.469. The van der Waals surface area contributed by atoms with Gasteiger partial charge >= 0.3 is 6.09 Å². The van der Waals surface area contributed by atoms with E-state index in [1.54, 1.807) is 6.20 Å². The van der Waals surface area contributed by atoms with Gasteiger partial charge in [0.15, 0.2) is 11.5 Å². The van der Waals surface area contributed by atoms with E-state index in [0.717, 1.165) is 47.4 Å². The number of hydrogen-bond donors (Lipinski definition) is 2. The van der Waals surface area contributed by atoms with Crippen LogP contribution in [0.4, 0.5) is 16.6 Å². The first-order chi connectivity index (χ1) is 20.7. The molecule has 2 N–H and O–H groups in total. The number of carbonyl (C=O) groups is 1. The number of aromatic nitrogens is 5. The summed E-state index contributed by atoms with van der Waals surface area (Å²) in [6.45, 7) is 10.1. The van der Waals surface area contributed by atoms with E-state index in [9.17, 15) is 4.79 Å². The lowest BCUT2D eigenvalue weighted by Gasteiger charge is -2.32. The number of piperidine rings is 1. The second-order valence-electron chi connectivity index (χ2n) is 12.0. The number of fused-ring (bicyclic) bond motifs is 1. The molecule has 3 aromatic heterocycles. The Hall–Kier alpha value is -3.92. The highest BCUT2D eigenvalue weighted by Crippen LogP contribution is 2.30. The number of amides is 1. The molecule has 1 unspecified atom stereocenters. The van der Waals surface area contributed by atoms with Gasteiger partial charge in [-0.15, -0.1) is 0 Å². The van der Waals surface area contributed by atoms with Gasteiger partial charge in [-0.25, -0.2) is 24.7 Å².